The second kappa shape index (κ2) is 8.71. The monoisotopic (exact) mass is 502 g/mol. The van der Waals surface area contributed by atoms with E-state index in [1.54, 1.807) is 0 Å². The molecular formula is C18H19F6O4Y-. The maximum atomic E-state index is 13.7. The molecule has 0 aliphatic carbocycles. The number of rotatable bonds is 8. The van der Waals surface area contributed by atoms with Crippen LogP contribution in [0.2, 0.25) is 0 Å². The summed E-state index contributed by atoms with van der Waals surface area (Å²) in [4.78, 5) is 0. The Morgan fingerprint density at radius 1 is 0.862 bits per heavy atom. The zero-order valence-corrected chi connectivity index (χ0v) is 18.5. The van der Waals surface area contributed by atoms with E-state index in [1.165, 1.54) is 0 Å². The van der Waals surface area contributed by atoms with E-state index in [0.29, 0.717) is 0 Å². The molecule has 4 nitrogen and oxygen atoms in total. The number of ether oxygens (including phenoxy) is 4. The molecule has 2 fully saturated rings. The Balaban J connectivity index is 0.00000300. The summed E-state index contributed by atoms with van der Waals surface area (Å²) in [5.41, 5.74) is -6.64. The summed E-state index contributed by atoms with van der Waals surface area (Å²) in [6.45, 7) is 1.45. The summed E-state index contributed by atoms with van der Waals surface area (Å²) >= 11 is 0. The average molecular weight is 502 g/mol. The second-order valence-electron chi connectivity index (χ2n) is 7.11. The van der Waals surface area contributed by atoms with Crippen LogP contribution in [0.5, 0.6) is 0 Å². The fourth-order valence-electron chi connectivity index (χ4n) is 2.53. The molecule has 2 saturated heterocycles. The molecule has 0 bridgehead atoms. The third-order valence-corrected chi connectivity index (χ3v) is 4.89. The molecule has 0 aromatic heterocycles. The molecule has 1 aromatic carbocycles. The van der Waals surface area contributed by atoms with Crippen molar-refractivity contribution in [3.8, 4) is 0 Å². The zero-order valence-electron chi connectivity index (χ0n) is 15.7. The molecule has 29 heavy (non-hydrogen) atoms. The molecule has 161 valence electrons. The maximum absolute atomic E-state index is 13.7. The first-order valence-corrected chi connectivity index (χ1v) is 8.53. The largest absolute Gasteiger partial charge is 0.410 e. The van der Waals surface area contributed by atoms with Crippen molar-refractivity contribution in [2.45, 2.75) is 49.6 Å². The Kier molecular flexibility index (Phi) is 7.51. The van der Waals surface area contributed by atoms with Gasteiger partial charge in [-0.2, -0.15) is 50.6 Å². The number of benzene rings is 1. The quantitative estimate of drug-likeness (QED) is 0.308. The molecule has 4 unspecified atom stereocenters. The third kappa shape index (κ3) is 5.51. The third-order valence-electron chi connectivity index (χ3n) is 4.89. The molecule has 2 heterocycles. The van der Waals surface area contributed by atoms with Gasteiger partial charge in [0.15, 0.2) is 0 Å². The predicted octanol–water partition coefficient (Wildman–Crippen LogP) is 3.87. The van der Waals surface area contributed by atoms with Crippen molar-refractivity contribution >= 4 is 0 Å². The first-order valence-electron chi connectivity index (χ1n) is 8.53. The van der Waals surface area contributed by atoms with Crippen LogP contribution in [0.1, 0.15) is 25.0 Å². The fourth-order valence-corrected chi connectivity index (χ4v) is 2.53. The molecule has 0 saturated carbocycles. The van der Waals surface area contributed by atoms with Crippen LogP contribution < -0.4 is 0 Å². The minimum absolute atomic E-state index is 0. The van der Waals surface area contributed by atoms with Gasteiger partial charge in [0, 0.05) is 32.7 Å². The van der Waals surface area contributed by atoms with Gasteiger partial charge in [-0.1, -0.05) is 0 Å². The van der Waals surface area contributed by atoms with Crippen LogP contribution in [-0.4, -0.2) is 51.0 Å². The van der Waals surface area contributed by atoms with Gasteiger partial charge in [-0.25, -0.2) is 0 Å². The summed E-state index contributed by atoms with van der Waals surface area (Å²) in [5, 5.41) is 0. The number of halogens is 6. The van der Waals surface area contributed by atoms with Crippen molar-refractivity contribution in [2.24, 2.45) is 0 Å². The standard InChI is InChI=1S/C18H19F6O4.Y/c1-15(17(19,20)21,27-9-13-7-25-13)11-4-3-5-12(6-11)16(2,18(22,23)24)28-10-14-8-26-14;/h4-6,13-14H,7-10H2,1-2H3;/q-1;. The fraction of sp³-hybridized carbons (Fsp3) is 0.667. The summed E-state index contributed by atoms with van der Waals surface area (Å²) < 4.78 is 102. The molecule has 2 aliphatic rings. The average Bonchev–Trinajstić information content (AvgIpc) is 3.50. The van der Waals surface area contributed by atoms with E-state index in [0.717, 1.165) is 32.0 Å². The topological polar surface area (TPSA) is 43.5 Å². The number of hydrogen-bond acceptors (Lipinski definition) is 4. The van der Waals surface area contributed by atoms with Crippen LogP contribution in [-0.2, 0) is 62.9 Å². The second-order valence-corrected chi connectivity index (χ2v) is 7.11. The molecule has 4 atom stereocenters. The van der Waals surface area contributed by atoms with E-state index in [9.17, 15) is 26.3 Å². The molecule has 1 radical (unpaired) electrons. The molecule has 0 spiro atoms. The van der Waals surface area contributed by atoms with Crippen molar-refractivity contribution in [2.75, 3.05) is 26.4 Å². The van der Waals surface area contributed by atoms with E-state index < -0.39 is 46.9 Å². The van der Waals surface area contributed by atoms with Crippen molar-refractivity contribution in [3.05, 3.63) is 35.4 Å². The molecule has 0 amide bonds. The normalized spacial score (nSPS) is 25.5. The van der Waals surface area contributed by atoms with Gasteiger partial charge >= 0.3 is 12.4 Å². The van der Waals surface area contributed by atoms with Gasteiger partial charge in [0.05, 0.1) is 26.4 Å². The van der Waals surface area contributed by atoms with Gasteiger partial charge in [-0.05, 0) is 13.8 Å². The molecule has 1 aromatic rings. The van der Waals surface area contributed by atoms with Gasteiger partial charge in [0.25, 0.3) is 0 Å². The zero-order chi connectivity index (χ0) is 20.8. The number of epoxide rings is 2. The predicted molar refractivity (Wildman–Crippen MR) is 83.5 cm³/mol. The maximum Gasteiger partial charge on any atom is 0.410 e. The summed E-state index contributed by atoms with van der Waals surface area (Å²) in [6, 6.07) is 5.10. The Hall–Kier alpha value is -0.256. The van der Waals surface area contributed by atoms with E-state index >= 15 is 0 Å². The van der Waals surface area contributed by atoms with Crippen LogP contribution in [0, 0.1) is 6.07 Å². The SMILES string of the molecule is CC(OCC1CO1)(c1c[c-]cc(C(C)(OCC2CO2)C(F)(F)F)c1)C(F)(F)F.[Y]. The van der Waals surface area contributed by atoms with Crippen LogP contribution >= 0.6 is 0 Å². The first-order chi connectivity index (χ1) is 12.9. The summed E-state index contributed by atoms with van der Waals surface area (Å²) in [7, 11) is 0. The van der Waals surface area contributed by atoms with Crippen LogP contribution in [0.15, 0.2) is 18.2 Å². The number of alkyl halides is 6. The van der Waals surface area contributed by atoms with Crippen molar-refractivity contribution in [1.82, 2.24) is 0 Å². The molecule has 11 heteroatoms. The minimum Gasteiger partial charge on any atom is -0.371 e. The summed E-state index contributed by atoms with van der Waals surface area (Å²) in [5.74, 6) is 0. The van der Waals surface area contributed by atoms with Gasteiger partial charge in [0.2, 0.25) is 0 Å². The Labute approximate surface area is 189 Å². The molecular weight excluding hydrogens is 483 g/mol. The minimum atomic E-state index is -4.87. The van der Waals surface area contributed by atoms with E-state index in [2.05, 4.69) is 6.07 Å². The molecule has 0 N–H and O–H groups in total. The van der Waals surface area contributed by atoms with E-state index in [4.69, 9.17) is 18.9 Å². The smallest absolute Gasteiger partial charge is 0.371 e. The Morgan fingerprint density at radius 3 is 1.48 bits per heavy atom. The van der Waals surface area contributed by atoms with E-state index in [-0.39, 0.29) is 59.1 Å². The Bertz CT molecular complexity index is 649. The van der Waals surface area contributed by atoms with Crippen molar-refractivity contribution < 1.29 is 78.0 Å². The van der Waals surface area contributed by atoms with Crippen molar-refractivity contribution in [1.29, 1.82) is 0 Å². The van der Waals surface area contributed by atoms with Gasteiger partial charge in [-0.3, -0.25) is 0 Å². The first kappa shape index (κ1) is 25.0. The number of hydrogen-bond donors (Lipinski definition) is 0. The van der Waals surface area contributed by atoms with Crippen LogP contribution in [0.4, 0.5) is 26.3 Å². The molecule has 2 aliphatic heterocycles. The molecule has 3 rings (SSSR count). The van der Waals surface area contributed by atoms with Crippen LogP contribution in [0.3, 0.4) is 0 Å². The van der Waals surface area contributed by atoms with Crippen LogP contribution in [0.25, 0.3) is 0 Å². The summed E-state index contributed by atoms with van der Waals surface area (Å²) in [6.07, 6.45) is -10.6. The van der Waals surface area contributed by atoms with Gasteiger partial charge in [0.1, 0.15) is 23.4 Å². The Morgan fingerprint density at radius 2 is 1.21 bits per heavy atom. The van der Waals surface area contributed by atoms with E-state index in [1.807, 2.05) is 0 Å². The van der Waals surface area contributed by atoms with Crippen molar-refractivity contribution in [3.63, 3.8) is 0 Å². The van der Waals surface area contributed by atoms with Gasteiger partial charge in [-0.15, -0.1) is 11.1 Å². The van der Waals surface area contributed by atoms with Gasteiger partial charge < -0.3 is 18.9 Å².